The highest BCUT2D eigenvalue weighted by atomic mass is 19.1. The van der Waals surface area contributed by atoms with Crippen molar-refractivity contribution in [1.29, 1.82) is 0 Å². The predicted octanol–water partition coefficient (Wildman–Crippen LogP) is 4.61. The zero-order chi connectivity index (χ0) is 12.1. The molecular weight excluding hydrogens is 211 g/mol. The highest BCUT2D eigenvalue weighted by molar-refractivity contribution is 5.64. The van der Waals surface area contributed by atoms with Gasteiger partial charge in [-0.3, -0.25) is 0 Å². The highest BCUT2D eigenvalue weighted by Crippen LogP contribution is 2.22. The molecule has 0 spiro atoms. The average Bonchev–Trinajstić information content (AvgIpc) is 2.38. The van der Waals surface area contributed by atoms with Crippen LogP contribution in [0.2, 0.25) is 0 Å². The van der Waals surface area contributed by atoms with Gasteiger partial charge in [0.15, 0.2) is 0 Å². The largest absolute Gasteiger partial charge is 0.206 e. The second-order valence-corrected chi connectivity index (χ2v) is 3.95. The Morgan fingerprint density at radius 3 is 2.35 bits per heavy atom. The lowest BCUT2D eigenvalue weighted by molar-refractivity contribution is 0.631. The van der Waals surface area contributed by atoms with Crippen molar-refractivity contribution < 1.29 is 4.39 Å². The van der Waals surface area contributed by atoms with Gasteiger partial charge < -0.3 is 0 Å². The van der Waals surface area contributed by atoms with Crippen LogP contribution in [0.15, 0.2) is 60.7 Å². The van der Waals surface area contributed by atoms with Gasteiger partial charge in [-0.05, 0) is 30.5 Å². The van der Waals surface area contributed by atoms with Crippen molar-refractivity contribution in [3.63, 3.8) is 0 Å². The number of benzene rings is 2. The fourth-order valence-corrected chi connectivity index (χ4v) is 1.77. The third-order valence-electron chi connectivity index (χ3n) is 2.73. The molecule has 17 heavy (non-hydrogen) atoms. The Morgan fingerprint density at radius 1 is 1.00 bits per heavy atom. The molecule has 0 saturated carbocycles. The van der Waals surface area contributed by atoms with Gasteiger partial charge in [0, 0.05) is 5.56 Å². The predicted molar refractivity (Wildman–Crippen MR) is 70.4 cm³/mol. The van der Waals surface area contributed by atoms with E-state index >= 15 is 0 Å². The van der Waals surface area contributed by atoms with Crippen LogP contribution >= 0.6 is 0 Å². The average molecular weight is 226 g/mol. The summed E-state index contributed by atoms with van der Waals surface area (Å²) >= 11 is 0. The summed E-state index contributed by atoms with van der Waals surface area (Å²) in [5.41, 5.74) is 2.82. The third-order valence-corrected chi connectivity index (χ3v) is 2.73. The Morgan fingerprint density at radius 2 is 1.71 bits per heavy atom. The molecule has 0 amide bonds. The maximum Gasteiger partial charge on any atom is 0.131 e. The molecule has 0 aliphatic carbocycles. The summed E-state index contributed by atoms with van der Waals surface area (Å²) in [7, 11) is 0. The summed E-state index contributed by atoms with van der Waals surface area (Å²) in [6.45, 7) is 2.01. The van der Waals surface area contributed by atoms with E-state index in [-0.39, 0.29) is 5.82 Å². The molecule has 0 N–H and O–H groups in total. The van der Waals surface area contributed by atoms with E-state index in [0.717, 1.165) is 12.0 Å². The van der Waals surface area contributed by atoms with Gasteiger partial charge in [-0.25, -0.2) is 4.39 Å². The summed E-state index contributed by atoms with van der Waals surface area (Å²) in [6.07, 6.45) is 5.07. The molecular formula is C16H15F. The van der Waals surface area contributed by atoms with Crippen molar-refractivity contribution in [1.82, 2.24) is 0 Å². The van der Waals surface area contributed by atoms with Crippen molar-refractivity contribution in [2.75, 3.05) is 0 Å². The standard InChI is InChI=1S/C16H15F/c1-2-3-6-13-9-11-14(12-10-13)15-7-4-5-8-16(15)17/h2-5,7-12H,6H2,1H3. The molecule has 2 aromatic carbocycles. The second-order valence-electron chi connectivity index (χ2n) is 3.95. The van der Waals surface area contributed by atoms with E-state index in [2.05, 4.69) is 6.08 Å². The monoisotopic (exact) mass is 226 g/mol. The van der Waals surface area contributed by atoms with E-state index in [1.807, 2.05) is 43.3 Å². The molecule has 0 atom stereocenters. The van der Waals surface area contributed by atoms with Gasteiger partial charge in [-0.1, -0.05) is 54.6 Å². The Kier molecular flexibility index (Phi) is 3.71. The van der Waals surface area contributed by atoms with Crippen LogP contribution in [0.3, 0.4) is 0 Å². The van der Waals surface area contributed by atoms with Gasteiger partial charge in [0.05, 0.1) is 0 Å². The third kappa shape index (κ3) is 2.82. The molecule has 0 aliphatic rings. The van der Waals surface area contributed by atoms with E-state index in [9.17, 15) is 4.39 Å². The van der Waals surface area contributed by atoms with E-state index in [4.69, 9.17) is 0 Å². The van der Waals surface area contributed by atoms with Crippen molar-refractivity contribution >= 4 is 0 Å². The molecule has 0 aromatic heterocycles. The first kappa shape index (κ1) is 11.6. The number of allylic oxidation sites excluding steroid dienone is 2. The fraction of sp³-hybridized carbons (Fsp3) is 0.125. The molecule has 1 heteroatoms. The number of hydrogen-bond donors (Lipinski definition) is 0. The first-order valence-corrected chi connectivity index (χ1v) is 5.76. The minimum atomic E-state index is -0.172. The minimum Gasteiger partial charge on any atom is -0.206 e. The molecule has 2 aromatic rings. The zero-order valence-electron chi connectivity index (χ0n) is 9.86. The maximum atomic E-state index is 13.6. The Balaban J connectivity index is 2.26. The van der Waals surface area contributed by atoms with Crippen LogP contribution < -0.4 is 0 Å². The zero-order valence-corrected chi connectivity index (χ0v) is 9.86. The lowest BCUT2D eigenvalue weighted by Gasteiger charge is -2.04. The number of rotatable bonds is 3. The van der Waals surface area contributed by atoms with Crippen LogP contribution in [-0.2, 0) is 6.42 Å². The normalized spacial score (nSPS) is 10.9. The molecule has 86 valence electrons. The Hall–Kier alpha value is -1.89. The molecule has 0 nitrogen and oxygen atoms in total. The Labute approximate surface area is 101 Å². The molecule has 0 aliphatic heterocycles. The van der Waals surface area contributed by atoms with Crippen LogP contribution in [-0.4, -0.2) is 0 Å². The van der Waals surface area contributed by atoms with Gasteiger partial charge in [-0.15, -0.1) is 0 Å². The van der Waals surface area contributed by atoms with Crippen molar-refractivity contribution in [2.24, 2.45) is 0 Å². The van der Waals surface area contributed by atoms with Gasteiger partial charge in [0.2, 0.25) is 0 Å². The Bertz CT molecular complexity index is 509. The topological polar surface area (TPSA) is 0 Å². The number of hydrogen-bond acceptors (Lipinski definition) is 0. The molecule has 0 bridgehead atoms. The molecule has 0 heterocycles. The van der Waals surface area contributed by atoms with E-state index in [0.29, 0.717) is 5.56 Å². The van der Waals surface area contributed by atoms with E-state index in [1.54, 1.807) is 12.1 Å². The quantitative estimate of drug-likeness (QED) is 0.670. The van der Waals surface area contributed by atoms with Crippen LogP contribution in [0.1, 0.15) is 12.5 Å². The van der Waals surface area contributed by atoms with Gasteiger partial charge in [0.25, 0.3) is 0 Å². The van der Waals surface area contributed by atoms with Gasteiger partial charge in [0.1, 0.15) is 5.82 Å². The molecule has 0 unspecified atom stereocenters. The van der Waals surface area contributed by atoms with Crippen molar-refractivity contribution in [2.45, 2.75) is 13.3 Å². The van der Waals surface area contributed by atoms with Crippen LogP contribution in [0.25, 0.3) is 11.1 Å². The van der Waals surface area contributed by atoms with Gasteiger partial charge >= 0.3 is 0 Å². The van der Waals surface area contributed by atoms with Crippen molar-refractivity contribution in [3.8, 4) is 11.1 Å². The summed E-state index contributed by atoms with van der Waals surface area (Å²) in [6, 6.07) is 14.9. The lowest BCUT2D eigenvalue weighted by atomic mass is 10.0. The van der Waals surface area contributed by atoms with Crippen molar-refractivity contribution in [3.05, 3.63) is 72.1 Å². The van der Waals surface area contributed by atoms with Gasteiger partial charge in [-0.2, -0.15) is 0 Å². The highest BCUT2D eigenvalue weighted by Gasteiger charge is 2.02. The smallest absolute Gasteiger partial charge is 0.131 e. The lowest BCUT2D eigenvalue weighted by Crippen LogP contribution is -1.85. The molecule has 0 radical (unpaired) electrons. The van der Waals surface area contributed by atoms with E-state index < -0.39 is 0 Å². The fourth-order valence-electron chi connectivity index (χ4n) is 1.77. The maximum absolute atomic E-state index is 13.6. The molecule has 0 saturated heterocycles. The van der Waals surface area contributed by atoms with E-state index in [1.165, 1.54) is 11.6 Å². The number of halogens is 1. The SMILES string of the molecule is CC=CCc1ccc(-c2ccccc2F)cc1. The first-order chi connectivity index (χ1) is 8.31. The summed E-state index contributed by atoms with van der Waals surface area (Å²) < 4.78 is 13.6. The minimum absolute atomic E-state index is 0.172. The second kappa shape index (κ2) is 5.44. The summed E-state index contributed by atoms with van der Waals surface area (Å²) in [5.74, 6) is -0.172. The van der Waals surface area contributed by atoms with Crippen LogP contribution in [0.4, 0.5) is 4.39 Å². The van der Waals surface area contributed by atoms with Crippen LogP contribution in [0, 0.1) is 5.82 Å². The first-order valence-electron chi connectivity index (χ1n) is 5.76. The summed E-state index contributed by atoms with van der Waals surface area (Å²) in [4.78, 5) is 0. The summed E-state index contributed by atoms with van der Waals surface area (Å²) in [5, 5.41) is 0. The molecule has 0 fully saturated rings. The molecule has 2 rings (SSSR count). The van der Waals surface area contributed by atoms with Crippen LogP contribution in [0.5, 0.6) is 0 Å².